The van der Waals surface area contributed by atoms with Crippen LogP contribution in [0.3, 0.4) is 0 Å². The second-order valence-electron chi connectivity index (χ2n) is 7.57. The van der Waals surface area contributed by atoms with Crippen molar-refractivity contribution < 1.29 is 19.4 Å². The molecule has 0 radical (unpaired) electrons. The molecule has 162 valence electrons. The number of methoxy groups -OCH3 is 1. The zero-order chi connectivity index (χ0) is 23.0. The number of Topliss-reactive ketones (excluding diaryl/α,β-unsaturated/α-hetero) is 1. The highest BCUT2D eigenvalue weighted by Crippen LogP contribution is 2.43. The van der Waals surface area contributed by atoms with Gasteiger partial charge in [-0.05, 0) is 66.9 Å². The topological polar surface area (TPSA) is 79.7 Å². The molecule has 2 aromatic carbocycles. The van der Waals surface area contributed by atoms with Crippen LogP contribution in [0.4, 0.5) is 5.69 Å². The third-order valence-corrected chi connectivity index (χ3v) is 5.97. The molecule has 1 aliphatic rings. The fraction of sp³-hybridized carbons (Fsp3) is 0.160. The number of ketones is 1. The minimum absolute atomic E-state index is 0.0589. The van der Waals surface area contributed by atoms with Crippen LogP contribution in [-0.2, 0) is 9.59 Å². The SMILES string of the molecule is COc1ccc(Cl)c(/C(O)=C2\C(=O)C(=O)N(c3ccc(C)c(C)c3)C2c2cccnc2)c1. The van der Waals surface area contributed by atoms with Gasteiger partial charge in [0.15, 0.2) is 0 Å². The van der Waals surface area contributed by atoms with E-state index in [9.17, 15) is 14.7 Å². The van der Waals surface area contributed by atoms with E-state index in [1.165, 1.54) is 18.1 Å². The van der Waals surface area contributed by atoms with Crippen LogP contribution >= 0.6 is 11.6 Å². The number of carbonyl (C=O) groups excluding carboxylic acids is 2. The summed E-state index contributed by atoms with van der Waals surface area (Å²) in [5.41, 5.74) is 3.33. The molecule has 1 atom stereocenters. The van der Waals surface area contributed by atoms with Gasteiger partial charge in [0.1, 0.15) is 11.5 Å². The lowest BCUT2D eigenvalue weighted by molar-refractivity contribution is -0.132. The largest absolute Gasteiger partial charge is 0.507 e. The number of amides is 1. The van der Waals surface area contributed by atoms with Gasteiger partial charge >= 0.3 is 0 Å². The van der Waals surface area contributed by atoms with Crippen LogP contribution in [0.2, 0.25) is 5.02 Å². The Labute approximate surface area is 190 Å². The minimum Gasteiger partial charge on any atom is -0.507 e. The Bertz CT molecular complexity index is 1250. The number of ether oxygens (including phenoxy) is 1. The highest BCUT2D eigenvalue weighted by Gasteiger charge is 2.47. The van der Waals surface area contributed by atoms with Crippen molar-refractivity contribution in [2.45, 2.75) is 19.9 Å². The summed E-state index contributed by atoms with van der Waals surface area (Å²) >= 11 is 6.32. The number of pyridine rings is 1. The van der Waals surface area contributed by atoms with Crippen LogP contribution in [-0.4, -0.2) is 28.9 Å². The van der Waals surface area contributed by atoms with Gasteiger partial charge in [0.05, 0.1) is 23.7 Å². The summed E-state index contributed by atoms with van der Waals surface area (Å²) in [7, 11) is 1.49. The number of nitrogens with zero attached hydrogens (tertiary/aromatic N) is 2. The third-order valence-electron chi connectivity index (χ3n) is 5.64. The minimum atomic E-state index is -0.868. The standard InChI is InChI=1S/C25H21ClN2O4/c1-14-6-7-17(11-15(14)2)28-22(16-5-4-10-27-13-16)21(24(30)25(28)31)23(29)19-12-18(32-3)8-9-20(19)26/h4-13,22,29H,1-3H3/b23-21+. The molecule has 0 spiro atoms. The molecule has 1 amide bonds. The molecule has 1 aliphatic heterocycles. The quantitative estimate of drug-likeness (QED) is 0.345. The maximum Gasteiger partial charge on any atom is 0.300 e. The van der Waals surface area contributed by atoms with E-state index in [0.29, 0.717) is 17.0 Å². The van der Waals surface area contributed by atoms with Crippen LogP contribution < -0.4 is 9.64 Å². The molecule has 0 bridgehead atoms. The Hall–Kier alpha value is -3.64. The summed E-state index contributed by atoms with van der Waals surface area (Å²) in [6.45, 7) is 3.90. The van der Waals surface area contributed by atoms with Crippen molar-refractivity contribution in [3.63, 3.8) is 0 Å². The Morgan fingerprint density at radius 1 is 1.09 bits per heavy atom. The zero-order valence-corrected chi connectivity index (χ0v) is 18.6. The lowest BCUT2D eigenvalue weighted by atomic mass is 9.96. The lowest BCUT2D eigenvalue weighted by Gasteiger charge is -2.25. The second-order valence-corrected chi connectivity index (χ2v) is 7.98. The molecule has 1 fully saturated rings. The number of benzene rings is 2. The molecule has 32 heavy (non-hydrogen) atoms. The van der Waals surface area contributed by atoms with Crippen molar-refractivity contribution in [3.05, 3.63) is 93.8 Å². The maximum atomic E-state index is 13.2. The molecule has 4 rings (SSSR count). The van der Waals surface area contributed by atoms with Crippen molar-refractivity contribution in [1.82, 2.24) is 4.98 Å². The van der Waals surface area contributed by atoms with Crippen molar-refractivity contribution in [3.8, 4) is 5.75 Å². The van der Waals surface area contributed by atoms with Crippen molar-refractivity contribution >= 4 is 34.7 Å². The fourth-order valence-corrected chi connectivity index (χ4v) is 3.99. The molecule has 2 heterocycles. The number of aryl methyl sites for hydroxylation is 2. The number of hydrogen-bond acceptors (Lipinski definition) is 5. The summed E-state index contributed by atoms with van der Waals surface area (Å²) in [4.78, 5) is 31.9. The van der Waals surface area contributed by atoms with Crippen LogP contribution in [0.5, 0.6) is 5.75 Å². The Balaban J connectivity index is 1.97. The summed E-state index contributed by atoms with van der Waals surface area (Å²) in [5.74, 6) is -1.44. The highest BCUT2D eigenvalue weighted by atomic mass is 35.5. The smallest absolute Gasteiger partial charge is 0.300 e. The Kier molecular flexibility index (Phi) is 5.72. The predicted octanol–water partition coefficient (Wildman–Crippen LogP) is 4.99. The molecular formula is C25H21ClN2O4. The van der Waals surface area contributed by atoms with E-state index in [2.05, 4.69) is 4.98 Å². The van der Waals surface area contributed by atoms with Crippen LogP contribution in [0.1, 0.15) is 28.3 Å². The number of anilines is 1. The van der Waals surface area contributed by atoms with E-state index in [4.69, 9.17) is 16.3 Å². The number of hydrogen-bond donors (Lipinski definition) is 1. The monoisotopic (exact) mass is 448 g/mol. The second kappa shape index (κ2) is 8.48. The number of aliphatic hydroxyl groups is 1. The average Bonchev–Trinajstić information content (AvgIpc) is 3.07. The van der Waals surface area contributed by atoms with E-state index in [-0.39, 0.29) is 21.9 Å². The van der Waals surface area contributed by atoms with Gasteiger partial charge in [0, 0.05) is 23.6 Å². The molecule has 1 aromatic heterocycles. The lowest BCUT2D eigenvalue weighted by Crippen LogP contribution is -2.29. The van der Waals surface area contributed by atoms with Crippen LogP contribution in [0.15, 0.2) is 66.5 Å². The number of rotatable bonds is 4. The summed E-state index contributed by atoms with van der Waals surface area (Å²) in [5, 5.41) is 11.5. The van der Waals surface area contributed by atoms with Crippen molar-refractivity contribution in [1.29, 1.82) is 0 Å². The third kappa shape index (κ3) is 3.63. The van der Waals surface area contributed by atoms with Gasteiger partial charge in [-0.3, -0.25) is 19.5 Å². The van der Waals surface area contributed by atoms with Gasteiger partial charge in [0.25, 0.3) is 11.7 Å². The summed E-state index contributed by atoms with van der Waals surface area (Å²) in [6, 6.07) is 12.9. The van der Waals surface area contributed by atoms with Gasteiger partial charge < -0.3 is 9.84 Å². The van der Waals surface area contributed by atoms with Crippen LogP contribution in [0, 0.1) is 13.8 Å². The molecule has 0 aliphatic carbocycles. The molecule has 0 saturated carbocycles. The van der Waals surface area contributed by atoms with E-state index in [1.807, 2.05) is 26.0 Å². The van der Waals surface area contributed by atoms with Gasteiger partial charge in [-0.2, -0.15) is 0 Å². The number of carbonyl (C=O) groups is 2. The number of aliphatic hydroxyl groups excluding tert-OH is 1. The Morgan fingerprint density at radius 3 is 2.53 bits per heavy atom. The van der Waals surface area contributed by atoms with Crippen molar-refractivity contribution in [2.24, 2.45) is 0 Å². The van der Waals surface area contributed by atoms with E-state index >= 15 is 0 Å². The molecule has 3 aromatic rings. The average molecular weight is 449 g/mol. The molecule has 7 heteroatoms. The van der Waals surface area contributed by atoms with Gasteiger partial charge in [0.2, 0.25) is 0 Å². The Morgan fingerprint density at radius 2 is 1.88 bits per heavy atom. The van der Waals surface area contributed by atoms with Gasteiger partial charge in [-0.1, -0.05) is 23.7 Å². The first-order chi connectivity index (χ1) is 15.3. The van der Waals surface area contributed by atoms with E-state index < -0.39 is 17.7 Å². The molecule has 1 saturated heterocycles. The number of halogens is 1. The van der Waals surface area contributed by atoms with Gasteiger partial charge in [-0.25, -0.2) is 0 Å². The summed E-state index contributed by atoms with van der Waals surface area (Å²) < 4.78 is 5.23. The van der Waals surface area contributed by atoms with E-state index in [1.54, 1.807) is 42.7 Å². The fourth-order valence-electron chi connectivity index (χ4n) is 3.79. The molecule has 6 nitrogen and oxygen atoms in total. The first kappa shape index (κ1) is 21.6. The van der Waals surface area contributed by atoms with E-state index in [0.717, 1.165) is 11.1 Å². The zero-order valence-electron chi connectivity index (χ0n) is 17.8. The predicted molar refractivity (Wildman–Crippen MR) is 123 cm³/mol. The highest BCUT2D eigenvalue weighted by molar-refractivity contribution is 6.52. The van der Waals surface area contributed by atoms with Crippen molar-refractivity contribution in [2.75, 3.05) is 12.0 Å². The molecule has 1 unspecified atom stereocenters. The first-order valence-electron chi connectivity index (χ1n) is 9.95. The first-order valence-corrected chi connectivity index (χ1v) is 10.3. The molecular weight excluding hydrogens is 428 g/mol. The summed E-state index contributed by atoms with van der Waals surface area (Å²) in [6.07, 6.45) is 3.18. The molecule has 1 N–H and O–H groups in total. The maximum absolute atomic E-state index is 13.2. The van der Waals surface area contributed by atoms with Gasteiger partial charge in [-0.15, -0.1) is 0 Å². The normalized spacial score (nSPS) is 17.6. The number of aromatic nitrogens is 1. The van der Waals surface area contributed by atoms with Crippen LogP contribution in [0.25, 0.3) is 5.76 Å².